The van der Waals surface area contributed by atoms with E-state index < -0.39 is 0 Å². The molecular formula is C9H15NO. The maximum atomic E-state index is 10.4. The van der Waals surface area contributed by atoms with Crippen molar-refractivity contribution in [1.82, 2.24) is 4.90 Å². The van der Waals surface area contributed by atoms with Gasteiger partial charge in [-0.25, -0.2) is 0 Å². The smallest absolute Gasteiger partial charge is 0.147 e. The summed E-state index contributed by atoms with van der Waals surface area (Å²) in [7, 11) is 0. The van der Waals surface area contributed by atoms with Gasteiger partial charge in [0.1, 0.15) is 6.29 Å². The lowest BCUT2D eigenvalue weighted by atomic mass is 10.1. The number of hydrogen-bond acceptors (Lipinski definition) is 2. The molecular weight excluding hydrogens is 138 g/mol. The molecule has 1 aliphatic rings. The highest BCUT2D eigenvalue weighted by Crippen LogP contribution is 2.10. The van der Waals surface area contributed by atoms with E-state index in [1.807, 2.05) is 6.08 Å². The third-order valence-corrected chi connectivity index (χ3v) is 2.09. The summed E-state index contributed by atoms with van der Waals surface area (Å²) in [4.78, 5) is 12.7. The second-order valence-corrected chi connectivity index (χ2v) is 3.25. The minimum atomic E-state index is 0.554. The molecule has 0 unspecified atom stereocenters. The Balaban J connectivity index is 2.52. The molecule has 62 valence electrons. The third-order valence-electron chi connectivity index (χ3n) is 2.09. The van der Waals surface area contributed by atoms with Crippen LogP contribution in [0.2, 0.25) is 0 Å². The van der Waals surface area contributed by atoms with Crippen LogP contribution in [0.1, 0.15) is 20.3 Å². The van der Waals surface area contributed by atoms with E-state index in [1.165, 1.54) is 0 Å². The van der Waals surface area contributed by atoms with Crippen molar-refractivity contribution in [2.45, 2.75) is 26.3 Å². The van der Waals surface area contributed by atoms with Gasteiger partial charge >= 0.3 is 0 Å². The van der Waals surface area contributed by atoms with Crippen LogP contribution in [0, 0.1) is 0 Å². The highest BCUT2D eigenvalue weighted by molar-refractivity contribution is 5.73. The highest BCUT2D eigenvalue weighted by Gasteiger charge is 2.13. The third kappa shape index (κ3) is 2.15. The first-order valence-corrected chi connectivity index (χ1v) is 4.12. The van der Waals surface area contributed by atoms with Crippen molar-refractivity contribution in [2.24, 2.45) is 0 Å². The Morgan fingerprint density at radius 2 is 2.36 bits per heavy atom. The summed E-state index contributed by atoms with van der Waals surface area (Å²) >= 11 is 0. The van der Waals surface area contributed by atoms with E-state index in [9.17, 15) is 4.79 Å². The van der Waals surface area contributed by atoms with Crippen molar-refractivity contribution < 1.29 is 4.79 Å². The fourth-order valence-electron chi connectivity index (χ4n) is 1.32. The van der Waals surface area contributed by atoms with Gasteiger partial charge in [0.05, 0.1) is 0 Å². The molecule has 0 aromatic rings. The molecule has 0 fully saturated rings. The standard InChI is InChI=1S/C9H15NO/c1-8(2)10-5-3-4-9(6-10)7-11/h4,7-8H,3,5-6H2,1-2H3. The average Bonchev–Trinajstić information content (AvgIpc) is 2.05. The molecule has 0 aromatic heterocycles. The first kappa shape index (κ1) is 8.47. The number of hydrogen-bond donors (Lipinski definition) is 0. The lowest BCUT2D eigenvalue weighted by molar-refractivity contribution is -0.105. The van der Waals surface area contributed by atoms with Crippen LogP contribution in [-0.4, -0.2) is 30.3 Å². The molecule has 0 aromatic carbocycles. The normalized spacial score (nSPS) is 20.1. The molecule has 11 heavy (non-hydrogen) atoms. The summed E-state index contributed by atoms with van der Waals surface area (Å²) in [6.45, 7) is 6.25. The lowest BCUT2D eigenvalue weighted by Crippen LogP contribution is -2.35. The average molecular weight is 153 g/mol. The predicted octanol–water partition coefficient (Wildman–Crippen LogP) is 1.23. The van der Waals surface area contributed by atoms with Gasteiger partial charge in [-0.2, -0.15) is 0 Å². The van der Waals surface area contributed by atoms with Crippen LogP contribution in [0.5, 0.6) is 0 Å². The number of carbonyl (C=O) groups is 1. The molecule has 0 amide bonds. The molecule has 0 atom stereocenters. The fraction of sp³-hybridized carbons (Fsp3) is 0.667. The molecule has 1 aliphatic heterocycles. The van der Waals surface area contributed by atoms with E-state index in [0.29, 0.717) is 6.04 Å². The predicted molar refractivity (Wildman–Crippen MR) is 45.5 cm³/mol. The molecule has 2 heteroatoms. The first-order chi connectivity index (χ1) is 5.24. The topological polar surface area (TPSA) is 20.3 Å². The number of carbonyl (C=O) groups excluding carboxylic acids is 1. The molecule has 1 heterocycles. The monoisotopic (exact) mass is 153 g/mol. The number of rotatable bonds is 2. The van der Waals surface area contributed by atoms with Gasteiger partial charge in [0.25, 0.3) is 0 Å². The highest BCUT2D eigenvalue weighted by atomic mass is 16.1. The van der Waals surface area contributed by atoms with E-state index in [0.717, 1.165) is 31.4 Å². The first-order valence-electron chi connectivity index (χ1n) is 4.12. The zero-order valence-corrected chi connectivity index (χ0v) is 7.21. The van der Waals surface area contributed by atoms with Gasteiger partial charge < -0.3 is 0 Å². The van der Waals surface area contributed by atoms with E-state index in [4.69, 9.17) is 0 Å². The van der Waals surface area contributed by atoms with Crippen molar-refractivity contribution in [1.29, 1.82) is 0 Å². The zero-order valence-electron chi connectivity index (χ0n) is 7.21. The Labute approximate surface area is 67.9 Å². The Morgan fingerprint density at radius 1 is 1.64 bits per heavy atom. The quantitative estimate of drug-likeness (QED) is 0.556. The van der Waals surface area contributed by atoms with Gasteiger partial charge in [0, 0.05) is 24.7 Å². The molecule has 1 rings (SSSR count). The van der Waals surface area contributed by atoms with Gasteiger partial charge in [-0.15, -0.1) is 0 Å². The van der Waals surface area contributed by atoms with Crippen molar-refractivity contribution in [3.8, 4) is 0 Å². The van der Waals surface area contributed by atoms with E-state index in [-0.39, 0.29) is 0 Å². The molecule has 0 saturated heterocycles. The largest absolute Gasteiger partial charge is 0.298 e. The Kier molecular flexibility index (Phi) is 2.83. The van der Waals surface area contributed by atoms with Gasteiger partial charge in [0.15, 0.2) is 0 Å². The summed E-state index contributed by atoms with van der Waals surface area (Å²) in [6.07, 6.45) is 4.02. The Bertz CT molecular complexity index is 172. The molecule has 0 saturated carbocycles. The summed E-state index contributed by atoms with van der Waals surface area (Å²) in [5.41, 5.74) is 0.935. The van der Waals surface area contributed by atoms with Crippen LogP contribution >= 0.6 is 0 Å². The maximum absolute atomic E-state index is 10.4. The van der Waals surface area contributed by atoms with Gasteiger partial charge in [-0.05, 0) is 20.3 Å². The van der Waals surface area contributed by atoms with Crippen molar-refractivity contribution in [2.75, 3.05) is 13.1 Å². The molecule has 2 nitrogen and oxygen atoms in total. The van der Waals surface area contributed by atoms with Crippen LogP contribution in [0.15, 0.2) is 11.6 Å². The van der Waals surface area contributed by atoms with Crippen LogP contribution < -0.4 is 0 Å². The lowest BCUT2D eigenvalue weighted by Gasteiger charge is -2.28. The van der Waals surface area contributed by atoms with Gasteiger partial charge in [0.2, 0.25) is 0 Å². The van der Waals surface area contributed by atoms with Crippen molar-refractivity contribution >= 4 is 6.29 Å². The summed E-state index contributed by atoms with van der Waals surface area (Å²) in [5.74, 6) is 0. The molecule has 0 aliphatic carbocycles. The van der Waals surface area contributed by atoms with E-state index in [2.05, 4.69) is 18.7 Å². The van der Waals surface area contributed by atoms with Crippen molar-refractivity contribution in [3.05, 3.63) is 11.6 Å². The fourth-order valence-corrected chi connectivity index (χ4v) is 1.32. The number of nitrogens with zero attached hydrogens (tertiary/aromatic N) is 1. The van der Waals surface area contributed by atoms with Crippen LogP contribution in [0.25, 0.3) is 0 Å². The summed E-state index contributed by atoms with van der Waals surface area (Å²) < 4.78 is 0. The minimum absolute atomic E-state index is 0.554. The van der Waals surface area contributed by atoms with E-state index in [1.54, 1.807) is 0 Å². The van der Waals surface area contributed by atoms with Crippen LogP contribution in [-0.2, 0) is 4.79 Å². The Hall–Kier alpha value is -0.630. The molecule has 0 spiro atoms. The molecule has 0 bridgehead atoms. The van der Waals surface area contributed by atoms with E-state index >= 15 is 0 Å². The number of aldehydes is 1. The zero-order chi connectivity index (χ0) is 8.27. The minimum Gasteiger partial charge on any atom is -0.298 e. The van der Waals surface area contributed by atoms with Gasteiger partial charge in [-0.1, -0.05) is 6.08 Å². The van der Waals surface area contributed by atoms with Crippen LogP contribution in [0.4, 0.5) is 0 Å². The van der Waals surface area contributed by atoms with Crippen LogP contribution in [0.3, 0.4) is 0 Å². The maximum Gasteiger partial charge on any atom is 0.147 e. The second-order valence-electron chi connectivity index (χ2n) is 3.25. The Morgan fingerprint density at radius 3 is 2.91 bits per heavy atom. The summed E-state index contributed by atoms with van der Waals surface area (Å²) in [5, 5.41) is 0. The second kappa shape index (κ2) is 3.67. The molecule has 0 radical (unpaired) electrons. The SMILES string of the molecule is CC(C)N1CCC=C(C=O)C1. The van der Waals surface area contributed by atoms with Crippen molar-refractivity contribution in [3.63, 3.8) is 0 Å². The molecule has 0 N–H and O–H groups in total. The summed E-state index contributed by atoms with van der Waals surface area (Å²) in [6, 6.07) is 0.554. The van der Waals surface area contributed by atoms with Gasteiger partial charge in [-0.3, -0.25) is 9.69 Å².